The van der Waals surface area contributed by atoms with Crippen molar-refractivity contribution in [2.75, 3.05) is 12.0 Å². The third-order valence-corrected chi connectivity index (χ3v) is 6.89. The molecule has 1 aliphatic heterocycles. The van der Waals surface area contributed by atoms with Crippen LogP contribution >= 0.6 is 0 Å². The van der Waals surface area contributed by atoms with Gasteiger partial charge in [-0.3, -0.25) is 9.59 Å². The second kappa shape index (κ2) is 11.3. The van der Waals surface area contributed by atoms with E-state index >= 15 is 0 Å². The maximum Gasteiger partial charge on any atom is 0.305 e. The van der Waals surface area contributed by atoms with Gasteiger partial charge in [0.1, 0.15) is 18.2 Å². The molecule has 2 atom stereocenters. The van der Waals surface area contributed by atoms with E-state index in [4.69, 9.17) is 9.47 Å². The summed E-state index contributed by atoms with van der Waals surface area (Å²) in [5.41, 5.74) is 4.92. The Hall–Kier alpha value is -4.45. The van der Waals surface area contributed by atoms with Gasteiger partial charge in [-0.05, 0) is 65.1 Å². The highest BCUT2D eigenvalue weighted by molar-refractivity contribution is 6.03. The van der Waals surface area contributed by atoms with E-state index in [0.717, 1.165) is 16.7 Å². The molecule has 1 heterocycles. The van der Waals surface area contributed by atoms with Gasteiger partial charge in [0, 0.05) is 12.1 Å². The molecule has 0 radical (unpaired) electrons. The number of β-lactam (4-membered cyclic amide) rings is 1. The monoisotopic (exact) mass is 509 g/mol. The number of carbonyl (C=O) groups is 2. The fraction of sp³-hybridized carbons (Fsp3) is 0.188. The molecule has 38 heavy (non-hydrogen) atoms. The van der Waals surface area contributed by atoms with Gasteiger partial charge in [-0.1, -0.05) is 66.7 Å². The fourth-order valence-corrected chi connectivity index (χ4v) is 4.83. The van der Waals surface area contributed by atoms with Crippen molar-refractivity contribution in [2.24, 2.45) is 5.92 Å². The van der Waals surface area contributed by atoms with Crippen LogP contribution in [0, 0.1) is 11.7 Å². The van der Waals surface area contributed by atoms with Crippen molar-refractivity contribution in [1.82, 2.24) is 0 Å². The van der Waals surface area contributed by atoms with Crippen molar-refractivity contribution in [3.63, 3.8) is 0 Å². The van der Waals surface area contributed by atoms with Crippen LogP contribution in [0.4, 0.5) is 10.1 Å². The lowest BCUT2D eigenvalue weighted by atomic mass is 9.79. The van der Waals surface area contributed by atoms with Gasteiger partial charge in [-0.15, -0.1) is 0 Å². The van der Waals surface area contributed by atoms with E-state index in [1.54, 1.807) is 17.0 Å². The minimum atomic E-state index is -0.367. The molecule has 0 N–H and O–H groups in total. The van der Waals surface area contributed by atoms with Gasteiger partial charge < -0.3 is 14.4 Å². The summed E-state index contributed by atoms with van der Waals surface area (Å²) in [6.07, 6.45) is 0.538. The summed E-state index contributed by atoms with van der Waals surface area (Å²) in [6.45, 7) is 0.430. The lowest BCUT2D eigenvalue weighted by molar-refractivity contribution is -0.141. The minimum Gasteiger partial charge on any atom is -0.489 e. The Morgan fingerprint density at radius 1 is 0.842 bits per heavy atom. The zero-order valence-corrected chi connectivity index (χ0v) is 21.0. The van der Waals surface area contributed by atoms with Gasteiger partial charge in [-0.25, -0.2) is 4.39 Å². The van der Waals surface area contributed by atoms with E-state index in [0.29, 0.717) is 24.5 Å². The van der Waals surface area contributed by atoms with E-state index in [1.807, 2.05) is 42.5 Å². The summed E-state index contributed by atoms with van der Waals surface area (Å²) >= 11 is 0. The third kappa shape index (κ3) is 5.44. The highest BCUT2D eigenvalue weighted by Crippen LogP contribution is 2.45. The first kappa shape index (κ1) is 25.2. The third-order valence-electron chi connectivity index (χ3n) is 6.89. The average Bonchev–Trinajstić information content (AvgIpc) is 2.96. The van der Waals surface area contributed by atoms with Crippen LogP contribution in [-0.4, -0.2) is 19.0 Å². The van der Waals surface area contributed by atoms with Crippen LogP contribution in [0.1, 0.15) is 30.0 Å². The molecule has 0 saturated carbocycles. The number of nitrogens with zero attached hydrogens (tertiary/aromatic N) is 1. The number of anilines is 1. The molecule has 6 heteroatoms. The standard InChI is InChI=1S/C32H28FNO4/c1-37-30(35)20-19-29-31(34(32(29)36)27-15-13-26(33)14-16-27)25-11-17-28(18-12-25)38-21-22-7-9-24(10-8-22)23-5-3-2-4-6-23/h2-18,29,31H,19-21H2,1H3/t29-,31-/m1/s1. The first-order chi connectivity index (χ1) is 18.5. The molecule has 1 amide bonds. The molecule has 1 fully saturated rings. The molecule has 5 rings (SSSR count). The van der Waals surface area contributed by atoms with Crippen molar-refractivity contribution in [2.45, 2.75) is 25.5 Å². The van der Waals surface area contributed by atoms with Crippen LogP contribution in [0.2, 0.25) is 0 Å². The van der Waals surface area contributed by atoms with Crippen molar-refractivity contribution >= 4 is 17.6 Å². The molecule has 0 spiro atoms. The Morgan fingerprint density at radius 2 is 1.50 bits per heavy atom. The summed E-state index contributed by atoms with van der Waals surface area (Å²) in [6, 6.07) is 31.8. The van der Waals surface area contributed by atoms with E-state index < -0.39 is 0 Å². The first-order valence-electron chi connectivity index (χ1n) is 12.6. The van der Waals surface area contributed by atoms with Crippen LogP contribution < -0.4 is 9.64 Å². The van der Waals surface area contributed by atoms with Crippen LogP contribution in [-0.2, 0) is 20.9 Å². The average molecular weight is 510 g/mol. The van der Waals surface area contributed by atoms with Gasteiger partial charge in [0.25, 0.3) is 0 Å². The number of halogens is 1. The molecule has 0 bridgehead atoms. The normalized spacial score (nSPS) is 16.6. The van der Waals surface area contributed by atoms with Gasteiger partial charge >= 0.3 is 5.97 Å². The molecular formula is C32H28FNO4. The molecular weight excluding hydrogens is 481 g/mol. The molecule has 0 unspecified atom stereocenters. The van der Waals surface area contributed by atoms with Gasteiger partial charge in [0.15, 0.2) is 0 Å². The number of methoxy groups -OCH3 is 1. The molecule has 4 aromatic rings. The highest BCUT2D eigenvalue weighted by atomic mass is 19.1. The largest absolute Gasteiger partial charge is 0.489 e. The second-order valence-corrected chi connectivity index (χ2v) is 9.27. The van der Waals surface area contributed by atoms with Crippen molar-refractivity contribution in [3.05, 3.63) is 120 Å². The zero-order valence-electron chi connectivity index (χ0n) is 21.0. The van der Waals surface area contributed by atoms with E-state index in [9.17, 15) is 14.0 Å². The quantitative estimate of drug-likeness (QED) is 0.185. The fourth-order valence-electron chi connectivity index (χ4n) is 4.83. The topological polar surface area (TPSA) is 55.8 Å². The smallest absolute Gasteiger partial charge is 0.305 e. The molecule has 192 valence electrons. The Balaban J connectivity index is 1.27. The highest BCUT2D eigenvalue weighted by Gasteiger charge is 2.48. The zero-order chi connectivity index (χ0) is 26.5. The summed E-state index contributed by atoms with van der Waals surface area (Å²) in [7, 11) is 1.34. The van der Waals surface area contributed by atoms with Crippen LogP contribution in [0.25, 0.3) is 11.1 Å². The Labute approximate surface area is 221 Å². The number of carbonyl (C=O) groups excluding carboxylic acids is 2. The lowest BCUT2D eigenvalue weighted by Gasteiger charge is -2.47. The summed E-state index contributed by atoms with van der Waals surface area (Å²) in [5.74, 6) is -0.459. The Morgan fingerprint density at radius 3 is 2.16 bits per heavy atom. The predicted octanol–water partition coefficient (Wildman–Crippen LogP) is 6.73. The Bertz CT molecular complexity index is 1390. The van der Waals surface area contributed by atoms with E-state index in [1.165, 1.54) is 24.8 Å². The molecule has 5 nitrogen and oxygen atoms in total. The number of hydrogen-bond donors (Lipinski definition) is 0. The Kier molecular flexibility index (Phi) is 7.50. The number of ether oxygens (including phenoxy) is 2. The molecule has 0 aromatic heterocycles. The minimum absolute atomic E-state index is 0.0928. The maximum absolute atomic E-state index is 13.5. The summed E-state index contributed by atoms with van der Waals surface area (Å²) in [5, 5.41) is 0. The van der Waals surface area contributed by atoms with Gasteiger partial charge in [0.05, 0.1) is 19.1 Å². The van der Waals surface area contributed by atoms with Crippen LogP contribution in [0.3, 0.4) is 0 Å². The molecule has 4 aromatic carbocycles. The maximum atomic E-state index is 13.5. The SMILES string of the molecule is COC(=O)CC[C@H]1C(=O)N(c2ccc(F)cc2)[C@@H]1c1ccc(OCc2ccc(-c3ccccc3)cc2)cc1. The number of rotatable bonds is 9. The van der Waals surface area contributed by atoms with Crippen molar-refractivity contribution in [1.29, 1.82) is 0 Å². The van der Waals surface area contributed by atoms with Crippen molar-refractivity contribution in [3.8, 4) is 16.9 Å². The molecule has 0 aliphatic carbocycles. The lowest BCUT2D eigenvalue weighted by Crippen LogP contribution is -2.55. The summed E-state index contributed by atoms with van der Waals surface area (Å²) in [4.78, 5) is 26.4. The van der Waals surface area contributed by atoms with E-state index in [-0.39, 0.29) is 36.1 Å². The number of amides is 1. The van der Waals surface area contributed by atoms with Gasteiger partial charge in [-0.2, -0.15) is 0 Å². The molecule has 1 aliphatic rings. The first-order valence-corrected chi connectivity index (χ1v) is 12.6. The number of hydrogen-bond acceptors (Lipinski definition) is 4. The summed E-state index contributed by atoms with van der Waals surface area (Å²) < 4.78 is 24.2. The number of esters is 1. The predicted molar refractivity (Wildman–Crippen MR) is 144 cm³/mol. The van der Waals surface area contributed by atoms with Crippen LogP contribution in [0.15, 0.2) is 103 Å². The number of benzene rings is 4. The second-order valence-electron chi connectivity index (χ2n) is 9.27. The molecule has 1 saturated heterocycles. The van der Waals surface area contributed by atoms with E-state index in [2.05, 4.69) is 36.4 Å². The van der Waals surface area contributed by atoms with Crippen molar-refractivity contribution < 1.29 is 23.5 Å². The van der Waals surface area contributed by atoms with Crippen LogP contribution in [0.5, 0.6) is 5.75 Å². The van der Waals surface area contributed by atoms with Gasteiger partial charge in [0.2, 0.25) is 5.91 Å².